The molecule has 3 aromatic heterocycles. The van der Waals surface area contributed by atoms with Crippen LogP contribution in [-0.4, -0.2) is 38.1 Å². The van der Waals surface area contributed by atoms with Crippen molar-refractivity contribution in [3.63, 3.8) is 0 Å². The number of furan rings is 1. The van der Waals surface area contributed by atoms with Crippen molar-refractivity contribution in [2.24, 2.45) is 5.92 Å². The van der Waals surface area contributed by atoms with Gasteiger partial charge in [0, 0.05) is 30.8 Å². The van der Waals surface area contributed by atoms with E-state index < -0.39 is 5.92 Å². The molecule has 2 N–H and O–H groups in total. The minimum atomic E-state index is -0.557. The summed E-state index contributed by atoms with van der Waals surface area (Å²) in [5, 5.41) is 7.43. The maximum Gasteiger partial charge on any atom is 0.252 e. The fraction of sp³-hybridized carbons (Fsp3) is 0.296. The van der Waals surface area contributed by atoms with Crippen LogP contribution in [0.5, 0.6) is 0 Å². The molecule has 37 heavy (non-hydrogen) atoms. The molecule has 10 heteroatoms. The number of carbonyl (C=O) groups excluding carboxylic acids is 2. The number of amides is 2. The quantitative estimate of drug-likeness (QED) is 0.413. The molecule has 1 fully saturated rings. The molecule has 4 aromatic rings. The van der Waals surface area contributed by atoms with Crippen molar-refractivity contribution in [1.82, 2.24) is 19.7 Å². The van der Waals surface area contributed by atoms with Gasteiger partial charge in [-0.15, -0.1) is 0 Å². The summed E-state index contributed by atoms with van der Waals surface area (Å²) in [5.74, 6) is -0.00806. The van der Waals surface area contributed by atoms with E-state index in [1.807, 2.05) is 45.9 Å². The van der Waals surface area contributed by atoms with Crippen molar-refractivity contribution in [2.75, 3.05) is 16.8 Å². The predicted octanol–water partition coefficient (Wildman–Crippen LogP) is 3.95. The number of carbonyl (C=O) groups is 2. The maximum atomic E-state index is 13.3. The molecule has 0 spiro atoms. The Labute approximate surface area is 213 Å². The molecule has 0 bridgehead atoms. The van der Waals surface area contributed by atoms with Crippen molar-refractivity contribution >= 4 is 23.3 Å². The molecule has 4 heterocycles. The van der Waals surface area contributed by atoms with Crippen LogP contribution in [0, 0.1) is 19.8 Å². The summed E-state index contributed by atoms with van der Waals surface area (Å²) < 4.78 is 6.85. The SMILES string of the molecule is Cc1ccc(N2CC(C(=O)Nc3cc(-c4ccco4)nn3-c3nc(C(C)C)cc(=O)[nH]3)CC2=O)cc1C. The molecule has 1 aliphatic rings. The third-order valence-electron chi connectivity index (χ3n) is 6.57. The van der Waals surface area contributed by atoms with E-state index in [9.17, 15) is 14.4 Å². The largest absolute Gasteiger partial charge is 0.463 e. The lowest BCUT2D eigenvalue weighted by Gasteiger charge is -2.18. The number of hydrogen-bond acceptors (Lipinski definition) is 6. The van der Waals surface area contributed by atoms with Gasteiger partial charge in [-0.1, -0.05) is 19.9 Å². The molecule has 190 valence electrons. The van der Waals surface area contributed by atoms with Gasteiger partial charge in [0.15, 0.2) is 5.76 Å². The van der Waals surface area contributed by atoms with Crippen molar-refractivity contribution < 1.29 is 14.0 Å². The van der Waals surface area contributed by atoms with Gasteiger partial charge in [0.25, 0.3) is 5.56 Å². The number of benzene rings is 1. The first kappa shape index (κ1) is 24.2. The van der Waals surface area contributed by atoms with Gasteiger partial charge in [0.05, 0.1) is 17.9 Å². The van der Waals surface area contributed by atoms with Gasteiger partial charge in [-0.3, -0.25) is 19.4 Å². The number of aryl methyl sites for hydroxylation is 2. The fourth-order valence-corrected chi connectivity index (χ4v) is 4.29. The zero-order valence-corrected chi connectivity index (χ0v) is 21.1. The fourth-order valence-electron chi connectivity index (χ4n) is 4.29. The Bertz CT molecular complexity index is 1530. The highest BCUT2D eigenvalue weighted by Gasteiger charge is 2.36. The Morgan fingerprint density at radius 3 is 2.65 bits per heavy atom. The monoisotopic (exact) mass is 500 g/mol. The van der Waals surface area contributed by atoms with E-state index in [0.29, 0.717) is 23.0 Å². The highest BCUT2D eigenvalue weighted by Crippen LogP contribution is 2.29. The average molecular weight is 501 g/mol. The van der Waals surface area contributed by atoms with E-state index in [4.69, 9.17) is 4.42 Å². The van der Waals surface area contributed by atoms with E-state index in [2.05, 4.69) is 20.4 Å². The normalized spacial score (nSPS) is 15.5. The summed E-state index contributed by atoms with van der Waals surface area (Å²) in [5.41, 5.74) is 3.72. The van der Waals surface area contributed by atoms with Gasteiger partial charge in [-0.05, 0) is 55.2 Å². The second-order valence-electron chi connectivity index (χ2n) is 9.62. The average Bonchev–Trinajstić information content (AvgIpc) is 3.60. The van der Waals surface area contributed by atoms with Crippen molar-refractivity contribution in [3.8, 4) is 17.4 Å². The van der Waals surface area contributed by atoms with Gasteiger partial charge < -0.3 is 14.6 Å². The first-order chi connectivity index (χ1) is 17.7. The number of nitrogens with one attached hydrogen (secondary N) is 2. The van der Waals surface area contributed by atoms with Crippen molar-refractivity contribution in [2.45, 2.75) is 40.0 Å². The third kappa shape index (κ3) is 4.82. The Morgan fingerprint density at radius 2 is 1.95 bits per heavy atom. The van der Waals surface area contributed by atoms with Crippen LogP contribution < -0.4 is 15.8 Å². The summed E-state index contributed by atoms with van der Waals surface area (Å²) in [6.45, 7) is 8.15. The highest BCUT2D eigenvalue weighted by atomic mass is 16.3. The smallest absolute Gasteiger partial charge is 0.252 e. The number of nitrogens with zero attached hydrogens (tertiary/aromatic N) is 4. The zero-order valence-electron chi connectivity index (χ0n) is 21.1. The van der Waals surface area contributed by atoms with Crippen LogP contribution in [0.2, 0.25) is 0 Å². The molecule has 2 amide bonds. The molecule has 1 saturated heterocycles. The lowest BCUT2D eigenvalue weighted by molar-refractivity contribution is -0.122. The molecular formula is C27H28N6O4. The first-order valence-corrected chi connectivity index (χ1v) is 12.1. The molecule has 0 saturated carbocycles. The number of H-pyrrole nitrogens is 1. The molecule has 0 aliphatic carbocycles. The lowest BCUT2D eigenvalue weighted by atomic mass is 10.1. The lowest BCUT2D eigenvalue weighted by Crippen LogP contribution is -2.29. The van der Waals surface area contributed by atoms with E-state index in [1.165, 1.54) is 17.0 Å². The Morgan fingerprint density at radius 1 is 1.14 bits per heavy atom. The van der Waals surface area contributed by atoms with Crippen LogP contribution in [0.4, 0.5) is 11.5 Å². The van der Waals surface area contributed by atoms with Gasteiger partial charge in [-0.25, -0.2) is 4.98 Å². The van der Waals surface area contributed by atoms with Crippen molar-refractivity contribution in [3.05, 3.63) is 75.9 Å². The first-order valence-electron chi connectivity index (χ1n) is 12.1. The van der Waals surface area contributed by atoms with Gasteiger partial charge in [0.2, 0.25) is 17.8 Å². The van der Waals surface area contributed by atoms with Crippen molar-refractivity contribution in [1.29, 1.82) is 0 Å². The summed E-state index contributed by atoms with van der Waals surface area (Å²) in [4.78, 5) is 47.3. The topological polar surface area (TPSA) is 126 Å². The summed E-state index contributed by atoms with van der Waals surface area (Å²) in [7, 11) is 0. The van der Waals surface area contributed by atoms with E-state index in [1.54, 1.807) is 23.1 Å². The van der Waals surface area contributed by atoms with Gasteiger partial charge in [-0.2, -0.15) is 9.78 Å². The summed E-state index contributed by atoms with van der Waals surface area (Å²) in [6, 6.07) is 12.4. The predicted molar refractivity (Wildman–Crippen MR) is 139 cm³/mol. The van der Waals surface area contributed by atoms with E-state index >= 15 is 0 Å². The summed E-state index contributed by atoms with van der Waals surface area (Å²) >= 11 is 0. The number of rotatable bonds is 6. The number of hydrogen-bond donors (Lipinski definition) is 2. The van der Waals surface area contributed by atoms with Gasteiger partial charge >= 0.3 is 0 Å². The molecule has 1 atom stereocenters. The minimum absolute atomic E-state index is 0.0140. The molecular weight excluding hydrogens is 472 g/mol. The van der Waals surface area contributed by atoms with Gasteiger partial charge in [0.1, 0.15) is 11.5 Å². The summed E-state index contributed by atoms with van der Waals surface area (Å²) in [6.07, 6.45) is 1.62. The third-order valence-corrected chi connectivity index (χ3v) is 6.57. The standard InChI is InChI=1S/C27H28N6O4/c1-15(2)20-13-24(34)30-27(28-20)33-23(12-21(31-33)22-6-5-9-37-22)29-26(36)18-11-25(35)32(14-18)19-8-7-16(3)17(4)10-19/h5-10,12-13,15,18H,11,14H2,1-4H3,(H,29,36)(H,28,30,34). The maximum absolute atomic E-state index is 13.3. The number of anilines is 2. The Balaban J connectivity index is 1.45. The second-order valence-corrected chi connectivity index (χ2v) is 9.62. The second kappa shape index (κ2) is 9.53. The van der Waals surface area contributed by atoms with Crippen LogP contribution in [0.3, 0.4) is 0 Å². The van der Waals surface area contributed by atoms with Crippen LogP contribution >= 0.6 is 0 Å². The highest BCUT2D eigenvalue weighted by molar-refractivity contribution is 6.03. The molecule has 1 aliphatic heterocycles. The van der Waals surface area contributed by atoms with E-state index in [0.717, 1.165) is 16.8 Å². The Kier molecular flexibility index (Phi) is 6.24. The van der Waals surface area contributed by atoms with Crippen LogP contribution in [0.15, 0.2) is 57.9 Å². The minimum Gasteiger partial charge on any atom is -0.463 e. The Hall–Kier alpha value is -4.47. The molecule has 0 radical (unpaired) electrons. The molecule has 5 rings (SSSR count). The molecule has 10 nitrogen and oxygen atoms in total. The van der Waals surface area contributed by atoms with Crippen LogP contribution in [0.1, 0.15) is 43.0 Å². The molecule has 1 aromatic carbocycles. The van der Waals surface area contributed by atoms with Crippen LogP contribution in [0.25, 0.3) is 17.4 Å². The van der Waals surface area contributed by atoms with Crippen LogP contribution in [-0.2, 0) is 9.59 Å². The number of aromatic amines is 1. The zero-order chi connectivity index (χ0) is 26.3. The van der Waals surface area contributed by atoms with E-state index in [-0.39, 0.29) is 42.2 Å². The number of aromatic nitrogens is 4. The molecule has 1 unspecified atom stereocenters.